The van der Waals surface area contributed by atoms with Crippen LogP contribution in [0.2, 0.25) is 0 Å². The van der Waals surface area contributed by atoms with Crippen LogP contribution in [0.15, 0.2) is 109 Å². The third kappa shape index (κ3) is 8.29. The summed E-state index contributed by atoms with van der Waals surface area (Å²) in [7, 11) is 0. The Morgan fingerprint density at radius 3 is 1.54 bits per heavy atom. The quantitative estimate of drug-likeness (QED) is 0.177. The van der Waals surface area contributed by atoms with Gasteiger partial charge >= 0.3 is 0 Å². The molecule has 0 fully saturated rings. The van der Waals surface area contributed by atoms with Crippen molar-refractivity contribution in [2.75, 3.05) is 0 Å². The van der Waals surface area contributed by atoms with Crippen LogP contribution in [-0.4, -0.2) is 9.97 Å². The molecule has 0 aliphatic rings. The summed E-state index contributed by atoms with van der Waals surface area (Å²) in [6, 6.07) is 39.4. The second-order valence-electron chi connectivity index (χ2n) is 11.5. The first-order valence-corrected chi connectivity index (χ1v) is 13.1. The predicted octanol–water partition coefficient (Wildman–Crippen LogP) is 9.36. The first kappa shape index (κ1) is 30.2. The molecule has 0 aliphatic carbocycles. The molecule has 0 bridgehead atoms. The maximum atomic E-state index is 4.55. The van der Waals surface area contributed by atoms with Crippen LogP contribution in [0.25, 0.3) is 33.6 Å². The zero-order valence-corrected chi connectivity index (χ0v) is 26.0. The van der Waals surface area contributed by atoms with Crippen LogP contribution < -0.4 is 0 Å². The van der Waals surface area contributed by atoms with Crippen molar-refractivity contribution in [3.63, 3.8) is 0 Å². The van der Waals surface area contributed by atoms with Crippen molar-refractivity contribution in [1.82, 2.24) is 9.97 Å². The molecule has 1 radical (unpaired) electrons. The fourth-order valence-corrected chi connectivity index (χ4v) is 4.05. The summed E-state index contributed by atoms with van der Waals surface area (Å²) in [4.78, 5) is 8.76. The molecule has 3 heteroatoms. The standard InChI is InChI=1S/C25H28N.C11H8N.Ir/c1-24(2,3)21-14-20(15-22(17-21)25(4,5)6)19-12-13-26-23(16-19)18-10-8-7-9-11-18;1-2-6-10(7-3-1)11-8-4-5-9-12-11;/h7-10,12-17H,1-6H3;1-6,8-9H;/q2*-1;. The Hall–Kier alpha value is -3.39. The number of hydrogen-bond donors (Lipinski definition) is 0. The fraction of sp³-hybridized carbons (Fsp3) is 0.222. The third-order valence-corrected chi connectivity index (χ3v) is 6.39. The van der Waals surface area contributed by atoms with E-state index in [4.69, 9.17) is 0 Å². The minimum Gasteiger partial charge on any atom is -0.305 e. The summed E-state index contributed by atoms with van der Waals surface area (Å²) in [6.07, 6.45) is 3.68. The summed E-state index contributed by atoms with van der Waals surface area (Å²) in [5.41, 5.74) is 9.40. The molecule has 5 aromatic rings. The van der Waals surface area contributed by atoms with Crippen molar-refractivity contribution < 1.29 is 20.1 Å². The van der Waals surface area contributed by atoms with Gasteiger partial charge in [-0.2, -0.15) is 0 Å². The van der Waals surface area contributed by atoms with Crippen LogP contribution >= 0.6 is 0 Å². The fourth-order valence-electron chi connectivity index (χ4n) is 4.05. The molecule has 39 heavy (non-hydrogen) atoms. The molecule has 0 aliphatic heterocycles. The number of benzene rings is 3. The second-order valence-corrected chi connectivity index (χ2v) is 11.5. The first-order valence-electron chi connectivity index (χ1n) is 13.1. The maximum Gasteiger partial charge on any atom is 0.0166 e. The van der Waals surface area contributed by atoms with Gasteiger partial charge in [0, 0.05) is 32.5 Å². The van der Waals surface area contributed by atoms with Gasteiger partial charge in [0.15, 0.2) is 0 Å². The molecule has 3 aromatic carbocycles. The molecular formula is C36H36IrN2-2. The minimum atomic E-state index is 0. The van der Waals surface area contributed by atoms with E-state index in [0.29, 0.717) is 0 Å². The molecule has 2 heterocycles. The molecule has 0 amide bonds. The molecule has 2 aromatic heterocycles. The van der Waals surface area contributed by atoms with Gasteiger partial charge in [0.2, 0.25) is 0 Å². The van der Waals surface area contributed by atoms with E-state index >= 15 is 0 Å². The van der Waals surface area contributed by atoms with E-state index in [1.165, 1.54) is 22.3 Å². The summed E-state index contributed by atoms with van der Waals surface area (Å²) in [5, 5.41) is 0. The molecule has 0 unspecified atom stereocenters. The van der Waals surface area contributed by atoms with E-state index < -0.39 is 0 Å². The molecule has 0 atom stereocenters. The number of aromatic nitrogens is 2. The van der Waals surface area contributed by atoms with E-state index in [0.717, 1.165) is 22.5 Å². The van der Waals surface area contributed by atoms with E-state index in [2.05, 4.69) is 100 Å². The van der Waals surface area contributed by atoms with Crippen LogP contribution in [0, 0.1) is 12.1 Å². The number of nitrogens with zero attached hydrogens (tertiary/aromatic N) is 2. The molecule has 201 valence electrons. The second kappa shape index (κ2) is 13.1. The largest absolute Gasteiger partial charge is 0.305 e. The normalized spacial score (nSPS) is 11.1. The van der Waals surface area contributed by atoms with E-state index in [-0.39, 0.29) is 30.9 Å². The molecule has 2 nitrogen and oxygen atoms in total. The number of hydrogen-bond acceptors (Lipinski definition) is 2. The Morgan fingerprint density at radius 2 is 1.05 bits per heavy atom. The van der Waals surface area contributed by atoms with Gasteiger partial charge in [0.05, 0.1) is 0 Å². The van der Waals surface area contributed by atoms with Crippen LogP contribution in [0.5, 0.6) is 0 Å². The topological polar surface area (TPSA) is 25.8 Å². The van der Waals surface area contributed by atoms with Crippen LogP contribution in [0.3, 0.4) is 0 Å². The van der Waals surface area contributed by atoms with Gasteiger partial charge in [-0.3, -0.25) is 0 Å². The van der Waals surface area contributed by atoms with E-state index in [9.17, 15) is 0 Å². The van der Waals surface area contributed by atoms with Crippen molar-refractivity contribution in [3.8, 4) is 33.6 Å². The Kier molecular flexibility index (Phi) is 10.1. The summed E-state index contributed by atoms with van der Waals surface area (Å²) in [6.45, 7) is 13.6. The Bertz CT molecular complexity index is 1380. The third-order valence-electron chi connectivity index (χ3n) is 6.39. The van der Waals surface area contributed by atoms with Crippen molar-refractivity contribution in [2.45, 2.75) is 52.4 Å². The Labute approximate surface area is 248 Å². The van der Waals surface area contributed by atoms with Gasteiger partial charge in [0.25, 0.3) is 0 Å². The van der Waals surface area contributed by atoms with Crippen LogP contribution in [0.1, 0.15) is 52.7 Å². The molecular weight excluding hydrogens is 653 g/mol. The minimum absolute atomic E-state index is 0. The van der Waals surface area contributed by atoms with E-state index in [1.54, 1.807) is 6.20 Å². The maximum absolute atomic E-state index is 4.55. The predicted molar refractivity (Wildman–Crippen MR) is 160 cm³/mol. The van der Waals surface area contributed by atoms with Crippen molar-refractivity contribution in [3.05, 3.63) is 133 Å². The average Bonchev–Trinajstić information content (AvgIpc) is 2.94. The zero-order valence-electron chi connectivity index (χ0n) is 23.6. The summed E-state index contributed by atoms with van der Waals surface area (Å²) >= 11 is 0. The Balaban J connectivity index is 0.000000270. The molecule has 0 saturated heterocycles. The summed E-state index contributed by atoms with van der Waals surface area (Å²) < 4.78 is 0. The number of rotatable bonds is 3. The molecule has 0 spiro atoms. The molecule has 5 rings (SSSR count). The van der Waals surface area contributed by atoms with Crippen molar-refractivity contribution in [2.24, 2.45) is 0 Å². The van der Waals surface area contributed by atoms with Crippen molar-refractivity contribution in [1.29, 1.82) is 0 Å². The van der Waals surface area contributed by atoms with Gasteiger partial charge in [-0.05, 0) is 56.6 Å². The molecule has 0 saturated carbocycles. The SMILES string of the molecule is CC(C)(C)c1cc(-c2ccnc(-c3[c-]cccc3)c2)cc(C(C)(C)C)c1.[Ir].[c-]1ccccc1-c1ccccn1. The molecule has 0 N–H and O–H groups in total. The van der Waals surface area contributed by atoms with Crippen molar-refractivity contribution >= 4 is 0 Å². The van der Waals surface area contributed by atoms with Gasteiger partial charge in [0.1, 0.15) is 0 Å². The van der Waals surface area contributed by atoms with Crippen LogP contribution in [-0.2, 0) is 30.9 Å². The van der Waals surface area contributed by atoms with Crippen LogP contribution in [0.4, 0.5) is 0 Å². The van der Waals surface area contributed by atoms with Gasteiger partial charge < -0.3 is 9.97 Å². The number of pyridine rings is 2. The van der Waals surface area contributed by atoms with E-state index in [1.807, 2.05) is 66.9 Å². The first-order chi connectivity index (χ1) is 18.1. The van der Waals surface area contributed by atoms with Gasteiger partial charge in [-0.25, -0.2) is 0 Å². The van der Waals surface area contributed by atoms with Gasteiger partial charge in [-0.1, -0.05) is 77.9 Å². The average molecular weight is 689 g/mol. The van der Waals surface area contributed by atoms with Gasteiger partial charge in [-0.15, -0.1) is 71.8 Å². The zero-order chi connectivity index (χ0) is 27.2. The summed E-state index contributed by atoms with van der Waals surface area (Å²) in [5.74, 6) is 0. The Morgan fingerprint density at radius 1 is 0.513 bits per heavy atom. The monoisotopic (exact) mass is 689 g/mol. The smallest absolute Gasteiger partial charge is 0.0166 e.